The minimum absolute atomic E-state index is 0.283. The molecule has 4 nitrogen and oxygen atoms in total. The molecule has 0 bridgehead atoms. The lowest BCUT2D eigenvalue weighted by atomic mass is 10.1. The van der Waals surface area contributed by atoms with Crippen molar-refractivity contribution in [2.45, 2.75) is 25.4 Å². The molecule has 1 aromatic carbocycles. The van der Waals surface area contributed by atoms with Crippen molar-refractivity contribution in [2.24, 2.45) is 0 Å². The highest BCUT2D eigenvalue weighted by Gasteiger charge is 2.14. The number of benzene rings is 1. The molecule has 0 fully saturated rings. The maximum atomic E-state index is 13.1. The van der Waals surface area contributed by atoms with Gasteiger partial charge < -0.3 is 5.32 Å². The van der Waals surface area contributed by atoms with Crippen molar-refractivity contribution in [3.63, 3.8) is 0 Å². The monoisotopic (exact) mass is 305 g/mol. The number of amides is 1. The Hall–Kier alpha value is -1.95. The topological polar surface area (TPSA) is 54.9 Å². The molecule has 0 aliphatic heterocycles. The highest BCUT2D eigenvalue weighted by atomic mass is 32.2. The molecule has 0 radical (unpaired) electrons. The summed E-state index contributed by atoms with van der Waals surface area (Å²) in [6.07, 6.45) is 4.06. The molecule has 1 amide bonds. The minimum atomic E-state index is -0.326. The Morgan fingerprint density at radius 1 is 1.43 bits per heavy atom. The van der Waals surface area contributed by atoms with E-state index in [0.717, 1.165) is 0 Å². The molecule has 1 aromatic heterocycles. The van der Waals surface area contributed by atoms with Crippen molar-refractivity contribution >= 4 is 23.4 Å². The van der Waals surface area contributed by atoms with E-state index in [-0.39, 0.29) is 11.7 Å². The Bertz CT molecular complexity index is 676. The first-order valence-corrected chi connectivity index (χ1v) is 7.75. The standard InChI is InChI=1S/C15H16FN3OS/c1-4-12-11(8-17-15(19-12)21-3)14(20)18-13-6-5-10(16)7-9(13)2/h5-8H,4H2,1-3H3,(H,18,20). The molecule has 21 heavy (non-hydrogen) atoms. The van der Waals surface area contributed by atoms with Crippen molar-refractivity contribution in [1.82, 2.24) is 9.97 Å². The van der Waals surface area contributed by atoms with E-state index in [9.17, 15) is 9.18 Å². The van der Waals surface area contributed by atoms with Crippen LogP contribution in [0.4, 0.5) is 10.1 Å². The predicted molar refractivity (Wildman–Crippen MR) is 82.3 cm³/mol. The summed E-state index contributed by atoms with van der Waals surface area (Å²) in [5.41, 5.74) is 2.39. The van der Waals surface area contributed by atoms with Crippen LogP contribution in [-0.4, -0.2) is 22.1 Å². The average molecular weight is 305 g/mol. The van der Waals surface area contributed by atoms with Gasteiger partial charge in [0.15, 0.2) is 5.16 Å². The number of nitrogens with one attached hydrogen (secondary N) is 1. The molecule has 6 heteroatoms. The number of hydrogen-bond donors (Lipinski definition) is 1. The third-order valence-electron chi connectivity index (χ3n) is 3.04. The lowest BCUT2D eigenvalue weighted by molar-refractivity contribution is 0.102. The van der Waals surface area contributed by atoms with Crippen molar-refractivity contribution in [1.29, 1.82) is 0 Å². The molecule has 0 saturated heterocycles. The van der Waals surface area contributed by atoms with Crippen LogP contribution >= 0.6 is 11.8 Å². The van der Waals surface area contributed by atoms with E-state index in [1.165, 1.54) is 30.1 Å². The summed E-state index contributed by atoms with van der Waals surface area (Å²) >= 11 is 1.43. The van der Waals surface area contributed by atoms with Gasteiger partial charge in [-0.15, -0.1) is 0 Å². The normalized spacial score (nSPS) is 10.5. The largest absolute Gasteiger partial charge is 0.322 e. The van der Waals surface area contributed by atoms with Crippen LogP contribution in [0.15, 0.2) is 29.6 Å². The fraction of sp³-hybridized carbons (Fsp3) is 0.267. The number of halogens is 1. The van der Waals surface area contributed by atoms with Gasteiger partial charge in [-0.1, -0.05) is 18.7 Å². The number of nitrogens with zero attached hydrogens (tertiary/aromatic N) is 2. The molecular weight excluding hydrogens is 289 g/mol. The second-order valence-electron chi connectivity index (χ2n) is 4.48. The first-order valence-electron chi connectivity index (χ1n) is 6.52. The number of carbonyl (C=O) groups is 1. The van der Waals surface area contributed by atoms with E-state index in [0.29, 0.717) is 34.1 Å². The molecule has 1 heterocycles. The number of aryl methyl sites for hydroxylation is 2. The summed E-state index contributed by atoms with van der Waals surface area (Å²) in [7, 11) is 0. The lowest BCUT2D eigenvalue weighted by Crippen LogP contribution is -2.16. The van der Waals surface area contributed by atoms with Crippen molar-refractivity contribution in [3.8, 4) is 0 Å². The summed E-state index contributed by atoms with van der Waals surface area (Å²) in [5, 5.41) is 3.41. The molecular formula is C15H16FN3OS. The fourth-order valence-corrected chi connectivity index (χ4v) is 2.27. The van der Waals surface area contributed by atoms with Crippen LogP contribution in [0.5, 0.6) is 0 Å². The zero-order valence-corrected chi connectivity index (χ0v) is 12.9. The molecule has 0 atom stereocenters. The Morgan fingerprint density at radius 2 is 2.19 bits per heavy atom. The molecule has 0 aliphatic carbocycles. The number of carbonyl (C=O) groups excluding carboxylic acids is 1. The van der Waals surface area contributed by atoms with Crippen LogP contribution in [-0.2, 0) is 6.42 Å². The van der Waals surface area contributed by atoms with E-state index >= 15 is 0 Å². The Kier molecular flexibility index (Phi) is 4.90. The van der Waals surface area contributed by atoms with Gasteiger partial charge in [-0.2, -0.15) is 0 Å². The zero-order valence-electron chi connectivity index (χ0n) is 12.1. The Morgan fingerprint density at radius 3 is 2.81 bits per heavy atom. The molecule has 2 aromatic rings. The van der Waals surface area contributed by atoms with Crippen LogP contribution in [0.1, 0.15) is 28.5 Å². The Balaban J connectivity index is 2.28. The highest BCUT2D eigenvalue weighted by molar-refractivity contribution is 7.98. The number of anilines is 1. The van der Waals surface area contributed by atoms with E-state index in [4.69, 9.17) is 0 Å². The third kappa shape index (κ3) is 3.58. The minimum Gasteiger partial charge on any atom is -0.322 e. The van der Waals surface area contributed by atoms with Crippen molar-refractivity contribution in [3.05, 3.63) is 47.0 Å². The predicted octanol–water partition coefficient (Wildman–Crippen LogP) is 3.46. The summed E-state index contributed by atoms with van der Waals surface area (Å²) < 4.78 is 13.1. The van der Waals surface area contributed by atoms with E-state index < -0.39 is 0 Å². The van der Waals surface area contributed by atoms with E-state index in [2.05, 4.69) is 15.3 Å². The molecule has 1 N–H and O–H groups in total. The van der Waals surface area contributed by atoms with E-state index in [1.54, 1.807) is 13.0 Å². The van der Waals surface area contributed by atoms with Gasteiger partial charge in [0.2, 0.25) is 0 Å². The number of thioether (sulfide) groups is 1. The molecule has 0 unspecified atom stereocenters. The third-order valence-corrected chi connectivity index (χ3v) is 3.61. The van der Waals surface area contributed by atoms with Crippen LogP contribution in [0.25, 0.3) is 0 Å². The number of hydrogen-bond acceptors (Lipinski definition) is 4. The molecule has 2 rings (SSSR count). The quantitative estimate of drug-likeness (QED) is 0.694. The van der Waals surface area contributed by atoms with Gasteiger partial charge in [0.05, 0.1) is 11.3 Å². The molecule has 110 valence electrons. The second-order valence-corrected chi connectivity index (χ2v) is 5.26. The lowest BCUT2D eigenvalue weighted by Gasteiger charge is -2.11. The first kappa shape index (κ1) is 15.4. The summed E-state index contributed by atoms with van der Waals surface area (Å²) in [6, 6.07) is 4.24. The highest BCUT2D eigenvalue weighted by Crippen LogP contribution is 2.18. The number of aromatic nitrogens is 2. The maximum absolute atomic E-state index is 13.1. The fourth-order valence-electron chi connectivity index (χ4n) is 1.91. The molecule has 0 spiro atoms. The summed E-state index contributed by atoms with van der Waals surface area (Å²) in [5.74, 6) is -0.610. The maximum Gasteiger partial charge on any atom is 0.259 e. The van der Waals surface area contributed by atoms with Gasteiger partial charge in [-0.25, -0.2) is 14.4 Å². The first-order chi connectivity index (χ1) is 10.0. The van der Waals surface area contributed by atoms with Gasteiger partial charge in [-0.3, -0.25) is 4.79 Å². The summed E-state index contributed by atoms with van der Waals surface area (Å²) in [4.78, 5) is 20.8. The molecule has 0 saturated carbocycles. The van der Waals surface area contributed by atoms with Crippen LogP contribution in [0, 0.1) is 12.7 Å². The smallest absolute Gasteiger partial charge is 0.259 e. The van der Waals surface area contributed by atoms with Gasteiger partial charge >= 0.3 is 0 Å². The van der Waals surface area contributed by atoms with Crippen LogP contribution in [0.3, 0.4) is 0 Å². The second kappa shape index (κ2) is 6.67. The Labute approximate surface area is 127 Å². The summed E-state index contributed by atoms with van der Waals surface area (Å²) in [6.45, 7) is 3.68. The van der Waals surface area contributed by atoms with Crippen LogP contribution in [0.2, 0.25) is 0 Å². The van der Waals surface area contributed by atoms with Gasteiger partial charge in [0.1, 0.15) is 5.82 Å². The SMILES string of the molecule is CCc1nc(SC)ncc1C(=O)Nc1ccc(F)cc1C. The van der Waals surface area contributed by atoms with Gasteiger partial charge in [0, 0.05) is 11.9 Å². The van der Waals surface area contributed by atoms with Crippen molar-refractivity contribution < 1.29 is 9.18 Å². The molecule has 0 aliphatic rings. The average Bonchev–Trinajstić information content (AvgIpc) is 2.49. The van der Waals surface area contributed by atoms with Crippen molar-refractivity contribution in [2.75, 3.05) is 11.6 Å². The van der Waals surface area contributed by atoms with Gasteiger partial charge in [-0.05, 0) is 43.4 Å². The number of rotatable bonds is 4. The van der Waals surface area contributed by atoms with Gasteiger partial charge in [0.25, 0.3) is 5.91 Å². The van der Waals surface area contributed by atoms with E-state index in [1.807, 2.05) is 13.2 Å². The van der Waals surface area contributed by atoms with Crippen LogP contribution < -0.4 is 5.32 Å². The zero-order chi connectivity index (χ0) is 15.4.